The molecule has 1 aromatic carbocycles. The molecule has 2 atom stereocenters. The van der Waals surface area contributed by atoms with Crippen LogP contribution in [-0.2, 0) is 19.1 Å². The third-order valence-corrected chi connectivity index (χ3v) is 3.79. The molecule has 0 aliphatic carbocycles. The number of carbonyl (C=O) groups excluding carboxylic acids is 3. The highest BCUT2D eigenvalue weighted by Gasteiger charge is 2.20. The van der Waals surface area contributed by atoms with E-state index < -0.39 is 12.1 Å². The minimum absolute atomic E-state index is 0. The first-order valence-corrected chi connectivity index (χ1v) is 8.26. The van der Waals surface area contributed by atoms with Gasteiger partial charge in [-0.05, 0) is 19.8 Å². The lowest BCUT2D eigenvalue weighted by molar-refractivity contribution is -0.153. The summed E-state index contributed by atoms with van der Waals surface area (Å²) < 4.78 is 10.6. The van der Waals surface area contributed by atoms with Crippen molar-refractivity contribution in [2.75, 3.05) is 7.11 Å². The molecule has 0 aromatic heterocycles. The van der Waals surface area contributed by atoms with Gasteiger partial charge >= 0.3 is 5.97 Å². The second-order valence-electron chi connectivity index (χ2n) is 5.82. The van der Waals surface area contributed by atoms with Crippen LogP contribution in [0.25, 0.3) is 0 Å². The quantitative estimate of drug-likeness (QED) is 0.350. The molecule has 2 unspecified atom stereocenters. The minimum atomic E-state index is -0.572. The number of carbonyl (C=O) groups is 3. The van der Waals surface area contributed by atoms with Crippen LogP contribution in [-0.4, -0.2) is 45.3 Å². The average molecular weight is 345 g/mol. The summed E-state index contributed by atoms with van der Waals surface area (Å²) in [5, 5.41) is 0. The summed E-state index contributed by atoms with van der Waals surface area (Å²) in [6.45, 7) is 3.37. The van der Waals surface area contributed by atoms with Crippen LogP contribution in [0.4, 0.5) is 0 Å². The molecule has 3 radical (unpaired) electrons. The zero-order valence-corrected chi connectivity index (χ0v) is 15.2. The summed E-state index contributed by atoms with van der Waals surface area (Å²) in [5.74, 6) is -0.496. The molecule has 1 rings (SSSR count). The zero-order valence-electron chi connectivity index (χ0n) is 15.2. The Morgan fingerprint density at radius 1 is 1.04 bits per heavy atom. The average Bonchev–Trinajstić information content (AvgIpc) is 2.57. The van der Waals surface area contributed by atoms with Gasteiger partial charge in [0.1, 0.15) is 11.9 Å². The third-order valence-electron chi connectivity index (χ3n) is 3.79. The number of ether oxygens (including phenoxy) is 2. The maximum Gasteiger partial charge on any atom is 0.308 e. The fourth-order valence-electron chi connectivity index (χ4n) is 2.40. The predicted octanol–water partition coefficient (Wildman–Crippen LogP) is 2.97. The summed E-state index contributed by atoms with van der Waals surface area (Å²) >= 11 is 0. The molecule has 5 nitrogen and oxygen atoms in total. The number of rotatable bonds is 11. The van der Waals surface area contributed by atoms with E-state index in [9.17, 15) is 14.4 Å². The number of hydrogen-bond acceptors (Lipinski definition) is 5. The van der Waals surface area contributed by atoms with E-state index in [-0.39, 0.29) is 45.3 Å². The molecule has 0 amide bonds. The van der Waals surface area contributed by atoms with Gasteiger partial charge in [-0.3, -0.25) is 14.4 Å². The van der Waals surface area contributed by atoms with Gasteiger partial charge < -0.3 is 9.47 Å². The second-order valence-corrected chi connectivity index (χ2v) is 5.82. The Morgan fingerprint density at radius 2 is 1.68 bits per heavy atom. The molecule has 0 aliphatic heterocycles. The molecule has 0 fully saturated rings. The Hall–Kier alpha value is -1.95. The Kier molecular flexibility index (Phi) is 11.5. The lowest BCUT2D eigenvalue weighted by Gasteiger charge is -2.18. The van der Waals surface area contributed by atoms with Crippen molar-refractivity contribution in [1.29, 1.82) is 0 Å². The van der Waals surface area contributed by atoms with Crippen molar-refractivity contribution in [2.24, 2.45) is 0 Å². The molecule has 6 heteroatoms. The number of Topliss-reactive ketones (excluding diaryl/α,β-unsaturated/α-hetero) is 2. The van der Waals surface area contributed by atoms with Gasteiger partial charge in [-0.15, -0.1) is 0 Å². The number of ketones is 2. The molecular weight excluding hydrogens is 319 g/mol. The monoisotopic (exact) mass is 345 g/mol. The number of benzene rings is 1. The van der Waals surface area contributed by atoms with Gasteiger partial charge in [0.2, 0.25) is 0 Å². The lowest BCUT2D eigenvalue weighted by Crippen LogP contribution is -2.25. The van der Waals surface area contributed by atoms with E-state index in [0.29, 0.717) is 18.4 Å². The third kappa shape index (κ3) is 9.20. The Balaban J connectivity index is 0.00000576. The number of hydrogen-bond donors (Lipinski definition) is 0. The molecule has 0 heterocycles. The SMILES string of the molecule is CCC(CC(=O)OC(CCC(=O)c1ccccc1)CC(C)=O)OC.[B]. The maximum absolute atomic E-state index is 12.1. The number of methoxy groups -OCH3 is 1. The first kappa shape index (κ1) is 23.1. The van der Waals surface area contributed by atoms with Crippen molar-refractivity contribution >= 4 is 25.9 Å². The summed E-state index contributed by atoms with van der Waals surface area (Å²) in [4.78, 5) is 35.5. The molecule has 0 N–H and O–H groups in total. The van der Waals surface area contributed by atoms with Crippen molar-refractivity contribution in [3.8, 4) is 0 Å². The smallest absolute Gasteiger partial charge is 0.308 e. The lowest BCUT2D eigenvalue weighted by atomic mass is 10.0. The van der Waals surface area contributed by atoms with E-state index >= 15 is 0 Å². The normalized spacial score (nSPS) is 12.6. The molecule has 1 aromatic rings. The Labute approximate surface area is 151 Å². The summed E-state index contributed by atoms with van der Waals surface area (Å²) in [5.41, 5.74) is 0.621. The Bertz CT molecular complexity index is 540. The molecule has 0 bridgehead atoms. The fraction of sp³-hybridized carbons (Fsp3) is 0.526. The molecule has 0 spiro atoms. The standard InChI is InChI=1S/C19H26O5.B/c1-4-16(23-3)13-19(22)24-17(12-14(2)20)10-11-18(21)15-8-6-5-7-9-15;/h5-9,16-17H,4,10-13H2,1-3H3;. The van der Waals surface area contributed by atoms with Gasteiger partial charge in [0.25, 0.3) is 0 Å². The van der Waals surface area contributed by atoms with Crippen LogP contribution in [0.3, 0.4) is 0 Å². The van der Waals surface area contributed by atoms with E-state index in [2.05, 4.69) is 0 Å². The highest BCUT2D eigenvalue weighted by atomic mass is 16.5. The van der Waals surface area contributed by atoms with Crippen LogP contribution in [0.1, 0.15) is 56.3 Å². The topological polar surface area (TPSA) is 69.7 Å². The summed E-state index contributed by atoms with van der Waals surface area (Å²) in [6.07, 6.45) is 0.777. The van der Waals surface area contributed by atoms with Gasteiger partial charge in [-0.25, -0.2) is 0 Å². The summed E-state index contributed by atoms with van der Waals surface area (Å²) in [6, 6.07) is 8.94. The zero-order chi connectivity index (χ0) is 17.9. The van der Waals surface area contributed by atoms with Gasteiger partial charge in [0.15, 0.2) is 5.78 Å². The maximum atomic E-state index is 12.1. The minimum Gasteiger partial charge on any atom is -0.462 e. The van der Waals surface area contributed by atoms with Crippen molar-refractivity contribution < 1.29 is 23.9 Å². The van der Waals surface area contributed by atoms with Gasteiger partial charge in [-0.2, -0.15) is 0 Å². The fourth-order valence-corrected chi connectivity index (χ4v) is 2.40. The van der Waals surface area contributed by atoms with Gasteiger partial charge in [0, 0.05) is 33.9 Å². The molecule has 0 saturated heterocycles. The highest BCUT2D eigenvalue weighted by molar-refractivity contribution is 5.96. The van der Waals surface area contributed by atoms with E-state index in [1.807, 2.05) is 13.0 Å². The van der Waals surface area contributed by atoms with Crippen molar-refractivity contribution in [2.45, 2.75) is 58.2 Å². The number of esters is 1. The van der Waals surface area contributed by atoms with Crippen molar-refractivity contribution in [1.82, 2.24) is 0 Å². The molecule has 135 valence electrons. The van der Waals surface area contributed by atoms with E-state index in [1.54, 1.807) is 31.4 Å². The van der Waals surface area contributed by atoms with E-state index in [1.165, 1.54) is 6.92 Å². The van der Waals surface area contributed by atoms with Crippen LogP contribution >= 0.6 is 0 Å². The molecular formula is C19H26BO5. The van der Waals surface area contributed by atoms with Crippen molar-refractivity contribution in [3.63, 3.8) is 0 Å². The van der Waals surface area contributed by atoms with Crippen LogP contribution in [0.15, 0.2) is 30.3 Å². The molecule has 25 heavy (non-hydrogen) atoms. The van der Waals surface area contributed by atoms with Crippen molar-refractivity contribution in [3.05, 3.63) is 35.9 Å². The van der Waals surface area contributed by atoms with Crippen LogP contribution in [0.2, 0.25) is 0 Å². The van der Waals surface area contributed by atoms with Crippen LogP contribution in [0, 0.1) is 0 Å². The summed E-state index contributed by atoms with van der Waals surface area (Å²) in [7, 11) is 1.55. The predicted molar refractivity (Wildman–Crippen MR) is 96.6 cm³/mol. The van der Waals surface area contributed by atoms with Crippen LogP contribution in [0.5, 0.6) is 0 Å². The molecule has 0 saturated carbocycles. The highest BCUT2D eigenvalue weighted by Crippen LogP contribution is 2.14. The second kappa shape index (κ2) is 12.4. The van der Waals surface area contributed by atoms with Gasteiger partial charge in [0.05, 0.1) is 12.5 Å². The Morgan fingerprint density at radius 3 is 2.20 bits per heavy atom. The molecule has 0 aliphatic rings. The van der Waals surface area contributed by atoms with E-state index in [4.69, 9.17) is 9.47 Å². The first-order valence-electron chi connectivity index (χ1n) is 8.26. The van der Waals surface area contributed by atoms with E-state index in [0.717, 1.165) is 0 Å². The van der Waals surface area contributed by atoms with Gasteiger partial charge in [-0.1, -0.05) is 37.3 Å². The largest absolute Gasteiger partial charge is 0.462 e. The van der Waals surface area contributed by atoms with Crippen LogP contribution < -0.4 is 0 Å². The first-order chi connectivity index (χ1) is 11.5.